The van der Waals surface area contributed by atoms with E-state index >= 15 is 0 Å². The lowest BCUT2D eigenvalue weighted by molar-refractivity contribution is -0.324. The van der Waals surface area contributed by atoms with Gasteiger partial charge in [0.2, 0.25) is 13.1 Å². The average Bonchev–Trinajstić information content (AvgIpc) is 3.97. The lowest BCUT2D eigenvalue weighted by Gasteiger charge is -2.41. The second kappa shape index (κ2) is 14.4. The number of carbonyl (C=O) groups is 1. The highest BCUT2D eigenvalue weighted by molar-refractivity contribution is 6.14. The highest BCUT2D eigenvalue weighted by Gasteiger charge is 2.56. The molecule has 0 unspecified atom stereocenters. The Labute approximate surface area is 311 Å². The Morgan fingerprint density at radius 2 is 1.45 bits per heavy atom. The number of carbonyl (C=O) groups excluding carboxylic acids is 1. The van der Waals surface area contributed by atoms with Crippen LogP contribution in [0.25, 0.3) is 21.9 Å². The molecule has 3 saturated heterocycles. The SMILES string of the molecule is COc1cc2c(O[C@@H]3OC[C@](O)(CO)[C@H]3O[C@@H]3OC[C@@H](O[C@@H]4OC[C@](O)(CO)[C@H]4O)[C@H](O)[C@H]3O)c3c(c(-c4ccc5c(c4)OCO5)c2cc1OC)C(=O)OC3. The number of hydrogen-bond donors (Lipinski definition) is 7. The number of benzene rings is 3. The maximum absolute atomic E-state index is 13.5. The Morgan fingerprint density at radius 1 is 0.764 bits per heavy atom. The van der Waals surface area contributed by atoms with Crippen molar-refractivity contribution in [3.8, 4) is 39.9 Å². The molecule has 7 N–H and O–H groups in total. The third-order valence-electron chi connectivity index (χ3n) is 10.5. The molecule has 8 rings (SSSR count). The number of hydrogen-bond acceptors (Lipinski definition) is 19. The van der Waals surface area contributed by atoms with E-state index in [-0.39, 0.29) is 24.7 Å². The van der Waals surface area contributed by atoms with Gasteiger partial charge in [-0.3, -0.25) is 0 Å². The van der Waals surface area contributed by atoms with Gasteiger partial charge in [0.05, 0.1) is 52.8 Å². The molecule has 0 aliphatic carbocycles. The van der Waals surface area contributed by atoms with Crippen molar-refractivity contribution < 1.29 is 92.6 Å². The molecule has 55 heavy (non-hydrogen) atoms. The molecular weight excluding hydrogens is 736 g/mol. The molecule has 0 amide bonds. The highest BCUT2D eigenvalue weighted by Crippen LogP contribution is 2.50. The number of cyclic esters (lactones) is 1. The lowest BCUT2D eigenvalue weighted by atomic mass is 9.89. The molecule has 0 saturated carbocycles. The van der Waals surface area contributed by atoms with Crippen LogP contribution in [-0.2, 0) is 35.0 Å². The van der Waals surface area contributed by atoms with Crippen LogP contribution >= 0.6 is 0 Å². The van der Waals surface area contributed by atoms with Gasteiger partial charge in [-0.2, -0.15) is 0 Å². The van der Waals surface area contributed by atoms with Crippen molar-refractivity contribution in [1.82, 2.24) is 0 Å². The molecule has 3 aromatic rings. The number of ether oxygens (including phenoxy) is 11. The molecule has 298 valence electrons. The van der Waals surface area contributed by atoms with Crippen LogP contribution < -0.4 is 23.7 Å². The van der Waals surface area contributed by atoms with Gasteiger partial charge in [-0.25, -0.2) is 4.79 Å². The molecule has 3 fully saturated rings. The summed E-state index contributed by atoms with van der Waals surface area (Å²) in [6.07, 6.45) is -12.7. The van der Waals surface area contributed by atoms with Crippen LogP contribution in [0, 0.1) is 0 Å². The molecule has 10 atom stereocenters. The number of rotatable bonds is 11. The van der Waals surface area contributed by atoms with Crippen molar-refractivity contribution in [1.29, 1.82) is 0 Å². The van der Waals surface area contributed by atoms with Crippen LogP contribution in [0.1, 0.15) is 15.9 Å². The molecule has 5 heterocycles. The number of esters is 1. The minimum absolute atomic E-state index is 0.0364. The molecule has 0 aromatic heterocycles. The minimum Gasteiger partial charge on any atom is -0.493 e. The lowest BCUT2D eigenvalue weighted by Crippen LogP contribution is -2.60. The van der Waals surface area contributed by atoms with Crippen molar-refractivity contribution in [2.24, 2.45) is 0 Å². The molecule has 3 aromatic carbocycles. The van der Waals surface area contributed by atoms with E-state index in [1.165, 1.54) is 14.2 Å². The van der Waals surface area contributed by atoms with Gasteiger partial charge in [0.1, 0.15) is 48.0 Å². The minimum atomic E-state index is -2.11. The summed E-state index contributed by atoms with van der Waals surface area (Å²) in [5.41, 5.74) is -2.52. The van der Waals surface area contributed by atoms with Crippen molar-refractivity contribution in [3.05, 3.63) is 41.5 Å². The topological polar surface area (TPSA) is 260 Å². The van der Waals surface area contributed by atoms with E-state index < -0.39 is 99.6 Å². The fourth-order valence-electron chi connectivity index (χ4n) is 7.32. The highest BCUT2D eigenvalue weighted by atomic mass is 16.8. The summed E-state index contributed by atoms with van der Waals surface area (Å²) in [6.45, 7) is -3.24. The smallest absolute Gasteiger partial charge is 0.339 e. The van der Waals surface area contributed by atoms with Crippen molar-refractivity contribution >= 4 is 16.7 Å². The van der Waals surface area contributed by atoms with E-state index in [1.54, 1.807) is 30.3 Å². The maximum Gasteiger partial charge on any atom is 0.339 e. The number of aliphatic hydroxyl groups excluding tert-OH is 5. The van der Waals surface area contributed by atoms with Crippen LogP contribution in [0.15, 0.2) is 30.3 Å². The molecule has 19 nitrogen and oxygen atoms in total. The van der Waals surface area contributed by atoms with Gasteiger partial charge in [0.15, 0.2) is 41.7 Å². The van der Waals surface area contributed by atoms with Crippen LogP contribution in [-0.4, -0.2) is 156 Å². The van der Waals surface area contributed by atoms with Gasteiger partial charge < -0.3 is 87.9 Å². The standard InChI is InChI=1S/C36H40O19/c1-45-20-6-16-17(7-21(20)46-2)28(18-8-47-31(42)25(18)24(16)15-3-4-19-22(5-15)52-14-51-19)54-34-30(36(44,11-38)13-50-34)55-32-27(40)26(39)23(9-48-32)53-33-29(41)35(43,10-37)12-49-33/h3-7,23,26-27,29-30,32-34,37-41,43-44H,8-14H2,1-2H3/t23-,26+,27-,29+,30+,32+,33+,34+,35-,36-/m1/s1. The quantitative estimate of drug-likeness (QED) is 0.111. The third kappa shape index (κ3) is 6.29. The van der Waals surface area contributed by atoms with E-state index in [4.69, 9.17) is 52.1 Å². The molecule has 19 heteroatoms. The molecule has 5 aliphatic heterocycles. The monoisotopic (exact) mass is 776 g/mol. The normalized spacial score (nSPS) is 33.9. The summed E-state index contributed by atoms with van der Waals surface area (Å²) in [5, 5.41) is 74.8. The first-order chi connectivity index (χ1) is 26.4. The Hall–Kier alpha value is -4.09. The predicted octanol–water partition coefficient (Wildman–Crippen LogP) is -1.33. The van der Waals surface area contributed by atoms with E-state index in [1.807, 2.05) is 0 Å². The zero-order chi connectivity index (χ0) is 38.8. The first-order valence-electron chi connectivity index (χ1n) is 17.3. The summed E-state index contributed by atoms with van der Waals surface area (Å²) in [7, 11) is 2.91. The summed E-state index contributed by atoms with van der Waals surface area (Å²) < 4.78 is 62.7. The molecule has 0 spiro atoms. The second-order valence-electron chi connectivity index (χ2n) is 13.8. The third-order valence-corrected chi connectivity index (χ3v) is 10.5. The first kappa shape index (κ1) is 37.8. The number of methoxy groups -OCH3 is 2. The van der Waals surface area contributed by atoms with Gasteiger partial charge in [0.25, 0.3) is 0 Å². The largest absolute Gasteiger partial charge is 0.493 e. The molecular formula is C36H40O19. The number of aliphatic hydroxyl groups is 7. The maximum atomic E-state index is 13.5. The van der Waals surface area contributed by atoms with Crippen molar-refractivity contribution in [2.45, 2.75) is 67.2 Å². The average molecular weight is 777 g/mol. The van der Waals surface area contributed by atoms with E-state index in [0.29, 0.717) is 50.5 Å². The van der Waals surface area contributed by atoms with Crippen molar-refractivity contribution in [2.75, 3.05) is 54.0 Å². The van der Waals surface area contributed by atoms with Gasteiger partial charge in [-0.15, -0.1) is 0 Å². The van der Waals surface area contributed by atoms with Crippen LogP contribution in [0.3, 0.4) is 0 Å². The van der Waals surface area contributed by atoms with Gasteiger partial charge in [-0.05, 0) is 35.2 Å². The Bertz CT molecular complexity index is 1960. The van der Waals surface area contributed by atoms with Gasteiger partial charge in [-0.1, -0.05) is 6.07 Å². The zero-order valence-electron chi connectivity index (χ0n) is 29.5. The predicted molar refractivity (Wildman–Crippen MR) is 179 cm³/mol. The van der Waals surface area contributed by atoms with Crippen LogP contribution in [0.5, 0.6) is 28.7 Å². The zero-order valence-corrected chi connectivity index (χ0v) is 29.5. The Kier molecular flexibility index (Phi) is 9.93. The van der Waals surface area contributed by atoms with Crippen molar-refractivity contribution in [3.63, 3.8) is 0 Å². The fourth-order valence-corrected chi connectivity index (χ4v) is 7.32. The van der Waals surface area contributed by atoms with E-state index in [9.17, 15) is 40.5 Å². The fraction of sp³-hybridized carbons (Fsp3) is 0.528. The summed E-state index contributed by atoms with van der Waals surface area (Å²) in [5.74, 6) is 1.12. The van der Waals surface area contributed by atoms with Crippen LogP contribution in [0.4, 0.5) is 0 Å². The van der Waals surface area contributed by atoms with E-state index in [0.717, 1.165) is 0 Å². The second-order valence-corrected chi connectivity index (χ2v) is 13.8. The number of fused-ring (bicyclic) bond motifs is 3. The first-order valence-corrected chi connectivity index (χ1v) is 17.3. The summed E-state index contributed by atoms with van der Waals surface area (Å²) >= 11 is 0. The molecule has 0 radical (unpaired) electrons. The van der Waals surface area contributed by atoms with Gasteiger partial charge >= 0.3 is 5.97 Å². The molecule has 0 bridgehead atoms. The Morgan fingerprint density at radius 3 is 2.16 bits per heavy atom. The summed E-state index contributed by atoms with van der Waals surface area (Å²) in [6, 6.07) is 8.55. The molecule has 5 aliphatic rings. The Balaban J connectivity index is 1.12. The van der Waals surface area contributed by atoms with E-state index in [2.05, 4.69) is 0 Å². The summed E-state index contributed by atoms with van der Waals surface area (Å²) in [4.78, 5) is 13.5. The van der Waals surface area contributed by atoms with Crippen LogP contribution in [0.2, 0.25) is 0 Å². The van der Waals surface area contributed by atoms with Gasteiger partial charge in [0, 0.05) is 16.5 Å².